The number of nitrogens with one attached hydrogen (secondary N) is 1. The topological polar surface area (TPSA) is 71.5 Å². The summed E-state index contributed by atoms with van der Waals surface area (Å²) in [7, 11) is 0. The van der Waals surface area contributed by atoms with Crippen molar-refractivity contribution in [1.29, 1.82) is 0 Å². The van der Waals surface area contributed by atoms with Crippen molar-refractivity contribution in [2.45, 2.75) is 51.7 Å². The summed E-state index contributed by atoms with van der Waals surface area (Å²) >= 11 is 5.82. The quantitative estimate of drug-likeness (QED) is 0.489. The fourth-order valence-corrected chi connectivity index (χ4v) is 4.63. The number of hydrogen-bond donors (Lipinski definition) is 1. The van der Waals surface area contributed by atoms with E-state index >= 15 is 0 Å². The van der Waals surface area contributed by atoms with E-state index in [4.69, 9.17) is 16.6 Å². The smallest absolute Gasteiger partial charge is 0.184 e. The van der Waals surface area contributed by atoms with Crippen LogP contribution in [-0.2, 0) is 13.1 Å². The standard InChI is InChI=1S/C22H24N6OS/c1-15-8-9-20-16(11-15)12-17(21-24-25-26-28(20)21)14-27(18-5-2-3-6-18)22(30)23-13-19-7-4-10-29-19/h4,7-12,18H,2-3,5-6,13-14H2,1H3,(H,23,30). The lowest BCUT2D eigenvalue weighted by Crippen LogP contribution is -2.44. The lowest BCUT2D eigenvalue weighted by molar-refractivity contribution is 0.302. The number of thiocarbonyl (C=S) groups is 1. The number of tetrazole rings is 1. The van der Waals surface area contributed by atoms with Gasteiger partial charge in [-0.15, -0.1) is 5.10 Å². The largest absolute Gasteiger partial charge is 0.467 e. The van der Waals surface area contributed by atoms with Gasteiger partial charge in [-0.3, -0.25) is 0 Å². The summed E-state index contributed by atoms with van der Waals surface area (Å²) in [5.41, 5.74) is 4.08. The van der Waals surface area contributed by atoms with E-state index in [0.717, 1.165) is 45.8 Å². The second-order valence-corrected chi connectivity index (χ2v) is 8.34. The van der Waals surface area contributed by atoms with Crippen LogP contribution in [0.5, 0.6) is 0 Å². The van der Waals surface area contributed by atoms with E-state index in [0.29, 0.717) is 19.1 Å². The Balaban J connectivity index is 1.48. The molecule has 0 saturated heterocycles. The summed E-state index contributed by atoms with van der Waals surface area (Å²) in [6.45, 7) is 3.34. The van der Waals surface area contributed by atoms with Gasteiger partial charge in [0.15, 0.2) is 10.8 Å². The van der Waals surface area contributed by atoms with Gasteiger partial charge in [-0.1, -0.05) is 24.5 Å². The summed E-state index contributed by atoms with van der Waals surface area (Å²) in [4.78, 5) is 2.30. The number of benzene rings is 1. The molecule has 30 heavy (non-hydrogen) atoms. The average molecular weight is 421 g/mol. The Labute approximate surface area is 180 Å². The van der Waals surface area contributed by atoms with Gasteiger partial charge in [-0.2, -0.15) is 4.52 Å². The molecule has 1 aliphatic carbocycles. The first-order chi connectivity index (χ1) is 14.7. The fraction of sp³-hybridized carbons (Fsp3) is 0.364. The average Bonchev–Trinajstić information content (AvgIpc) is 3.52. The zero-order valence-electron chi connectivity index (χ0n) is 16.9. The van der Waals surface area contributed by atoms with E-state index in [1.165, 1.54) is 18.4 Å². The lowest BCUT2D eigenvalue weighted by atomic mass is 10.1. The van der Waals surface area contributed by atoms with Crippen molar-refractivity contribution >= 4 is 33.9 Å². The summed E-state index contributed by atoms with van der Waals surface area (Å²) in [5, 5.41) is 17.7. The molecule has 1 N–H and O–H groups in total. The Bertz CT molecular complexity index is 1180. The van der Waals surface area contributed by atoms with Gasteiger partial charge in [0.25, 0.3) is 0 Å². The summed E-state index contributed by atoms with van der Waals surface area (Å²) < 4.78 is 7.27. The third-order valence-corrected chi connectivity index (χ3v) is 6.24. The highest BCUT2D eigenvalue weighted by Gasteiger charge is 2.26. The number of pyridine rings is 1. The van der Waals surface area contributed by atoms with Crippen LogP contribution in [-0.4, -0.2) is 36.1 Å². The summed E-state index contributed by atoms with van der Waals surface area (Å²) in [6.07, 6.45) is 6.45. The Morgan fingerprint density at radius 1 is 1.27 bits per heavy atom. The molecule has 4 aromatic rings. The van der Waals surface area contributed by atoms with Crippen molar-refractivity contribution < 1.29 is 4.42 Å². The van der Waals surface area contributed by atoms with E-state index in [9.17, 15) is 0 Å². The molecule has 1 saturated carbocycles. The van der Waals surface area contributed by atoms with Crippen LogP contribution < -0.4 is 5.32 Å². The van der Waals surface area contributed by atoms with Gasteiger partial charge >= 0.3 is 0 Å². The SMILES string of the molecule is Cc1ccc2c(c1)cc(CN(C(=S)NCc1ccco1)C1CCCC1)c1nnnn12. The molecule has 7 nitrogen and oxygen atoms in total. The van der Waals surface area contributed by atoms with Crippen LogP contribution >= 0.6 is 12.2 Å². The monoisotopic (exact) mass is 420 g/mol. The molecule has 3 heterocycles. The van der Waals surface area contributed by atoms with Crippen LogP contribution in [0.25, 0.3) is 16.6 Å². The molecule has 0 unspecified atom stereocenters. The van der Waals surface area contributed by atoms with Crippen LogP contribution in [0.4, 0.5) is 0 Å². The highest BCUT2D eigenvalue weighted by atomic mass is 32.1. The predicted molar refractivity (Wildman–Crippen MR) is 119 cm³/mol. The van der Waals surface area contributed by atoms with Gasteiger partial charge in [0.1, 0.15) is 5.76 Å². The number of furan rings is 1. The van der Waals surface area contributed by atoms with E-state index in [1.54, 1.807) is 6.26 Å². The Morgan fingerprint density at radius 2 is 2.13 bits per heavy atom. The predicted octanol–water partition coefficient (Wildman–Crippen LogP) is 4.00. The van der Waals surface area contributed by atoms with Crippen LogP contribution in [0, 0.1) is 6.92 Å². The number of aryl methyl sites for hydroxylation is 1. The van der Waals surface area contributed by atoms with Crippen molar-refractivity contribution in [3.8, 4) is 0 Å². The maximum absolute atomic E-state index is 5.82. The van der Waals surface area contributed by atoms with Gasteiger partial charge in [0, 0.05) is 23.5 Å². The zero-order chi connectivity index (χ0) is 20.5. The second-order valence-electron chi connectivity index (χ2n) is 7.95. The van der Waals surface area contributed by atoms with Gasteiger partial charge in [0.05, 0.1) is 18.3 Å². The van der Waals surface area contributed by atoms with Gasteiger partial charge in [0.2, 0.25) is 0 Å². The number of aromatic nitrogens is 4. The molecule has 154 valence electrons. The molecule has 1 aromatic carbocycles. The van der Waals surface area contributed by atoms with E-state index in [-0.39, 0.29) is 0 Å². The lowest BCUT2D eigenvalue weighted by Gasteiger charge is -2.31. The minimum absolute atomic E-state index is 0.422. The molecule has 0 amide bonds. The minimum atomic E-state index is 0.422. The van der Waals surface area contributed by atoms with E-state index in [2.05, 4.69) is 56.9 Å². The molecule has 0 aliphatic heterocycles. The number of hydrogen-bond acceptors (Lipinski definition) is 5. The van der Waals surface area contributed by atoms with Crippen LogP contribution in [0.2, 0.25) is 0 Å². The first kappa shape index (κ1) is 19.0. The van der Waals surface area contributed by atoms with Gasteiger partial charge in [-0.05, 0) is 72.7 Å². The number of rotatable bonds is 5. The van der Waals surface area contributed by atoms with Crippen molar-refractivity contribution in [2.24, 2.45) is 0 Å². The van der Waals surface area contributed by atoms with E-state index < -0.39 is 0 Å². The van der Waals surface area contributed by atoms with Crippen molar-refractivity contribution in [2.75, 3.05) is 0 Å². The zero-order valence-corrected chi connectivity index (χ0v) is 17.7. The number of nitrogens with zero attached hydrogens (tertiary/aromatic N) is 5. The molecule has 1 aliphatic rings. The van der Waals surface area contributed by atoms with Gasteiger partial charge < -0.3 is 14.6 Å². The summed E-state index contributed by atoms with van der Waals surface area (Å²) in [5.74, 6) is 0.869. The molecule has 0 radical (unpaired) electrons. The Hall–Kier alpha value is -3.00. The molecule has 8 heteroatoms. The Morgan fingerprint density at radius 3 is 2.93 bits per heavy atom. The molecule has 0 spiro atoms. The first-order valence-electron chi connectivity index (χ1n) is 10.4. The van der Waals surface area contributed by atoms with Crippen LogP contribution in [0.3, 0.4) is 0 Å². The molecule has 0 atom stereocenters. The van der Waals surface area contributed by atoms with Crippen LogP contribution in [0.1, 0.15) is 42.6 Å². The molecule has 5 rings (SSSR count). The Kier molecular flexibility index (Phi) is 5.08. The normalized spacial score (nSPS) is 14.6. The van der Waals surface area contributed by atoms with Crippen molar-refractivity contribution in [1.82, 2.24) is 30.3 Å². The number of fused-ring (bicyclic) bond motifs is 3. The molecular weight excluding hydrogens is 396 g/mol. The van der Waals surface area contributed by atoms with Crippen LogP contribution in [0.15, 0.2) is 47.1 Å². The fourth-order valence-electron chi connectivity index (χ4n) is 4.34. The highest BCUT2D eigenvalue weighted by molar-refractivity contribution is 7.80. The maximum atomic E-state index is 5.82. The highest BCUT2D eigenvalue weighted by Crippen LogP contribution is 2.27. The van der Waals surface area contributed by atoms with Crippen molar-refractivity contribution in [3.05, 3.63) is 59.5 Å². The third kappa shape index (κ3) is 3.63. The molecule has 1 fully saturated rings. The van der Waals surface area contributed by atoms with Gasteiger partial charge in [-0.25, -0.2) is 0 Å². The second kappa shape index (κ2) is 8.02. The molecule has 0 bridgehead atoms. The minimum Gasteiger partial charge on any atom is -0.467 e. The third-order valence-electron chi connectivity index (χ3n) is 5.86. The molecular formula is C22H24N6OS. The maximum Gasteiger partial charge on any atom is 0.184 e. The summed E-state index contributed by atoms with van der Waals surface area (Å²) in [6, 6.07) is 12.8. The van der Waals surface area contributed by atoms with Crippen molar-refractivity contribution in [3.63, 3.8) is 0 Å². The first-order valence-corrected chi connectivity index (χ1v) is 10.8. The molecule has 3 aromatic heterocycles. The van der Waals surface area contributed by atoms with E-state index in [1.807, 2.05) is 16.6 Å².